The van der Waals surface area contributed by atoms with Gasteiger partial charge in [-0.15, -0.1) is 0 Å². The first-order valence-electron chi connectivity index (χ1n) is 7.20. The third-order valence-electron chi connectivity index (χ3n) is 3.45. The highest BCUT2D eigenvalue weighted by molar-refractivity contribution is 5.96. The topological polar surface area (TPSA) is 55.1 Å². The molecule has 0 heterocycles. The molecule has 0 aliphatic carbocycles. The molecule has 0 unspecified atom stereocenters. The predicted molar refractivity (Wildman–Crippen MR) is 83.5 cm³/mol. The van der Waals surface area contributed by atoms with Crippen LogP contribution in [0.4, 0.5) is 0 Å². The smallest absolute Gasteiger partial charge is 0.252 e. The first kappa shape index (κ1) is 16.3. The number of rotatable bonds is 5. The number of aryl methyl sites for hydroxylation is 1. The van der Waals surface area contributed by atoms with E-state index in [-0.39, 0.29) is 5.91 Å². The zero-order valence-electron chi connectivity index (χ0n) is 12.6. The number of nitrogens with two attached hydrogens (primary N) is 1. The van der Waals surface area contributed by atoms with Crippen LogP contribution in [0.2, 0.25) is 0 Å². The van der Waals surface area contributed by atoms with Crippen LogP contribution in [-0.4, -0.2) is 19.0 Å². The molecular formula is C17H24N2O. The Morgan fingerprint density at radius 1 is 1.35 bits per heavy atom. The summed E-state index contributed by atoms with van der Waals surface area (Å²) >= 11 is 0. The van der Waals surface area contributed by atoms with Crippen molar-refractivity contribution in [2.75, 3.05) is 13.1 Å². The minimum absolute atomic E-state index is 0.0572. The highest BCUT2D eigenvalue weighted by atomic mass is 16.1. The summed E-state index contributed by atoms with van der Waals surface area (Å²) in [6.45, 7) is 7.28. The van der Waals surface area contributed by atoms with Crippen LogP contribution < -0.4 is 11.1 Å². The molecular weight excluding hydrogens is 248 g/mol. The second-order valence-electron chi connectivity index (χ2n) is 4.95. The van der Waals surface area contributed by atoms with E-state index >= 15 is 0 Å². The van der Waals surface area contributed by atoms with Crippen molar-refractivity contribution in [2.45, 2.75) is 33.6 Å². The first-order valence-corrected chi connectivity index (χ1v) is 7.20. The number of hydrogen-bond donors (Lipinski definition) is 2. The molecule has 0 radical (unpaired) electrons. The van der Waals surface area contributed by atoms with Crippen LogP contribution in [0.5, 0.6) is 0 Å². The van der Waals surface area contributed by atoms with Crippen LogP contribution >= 0.6 is 0 Å². The van der Waals surface area contributed by atoms with Crippen molar-refractivity contribution in [3.8, 4) is 11.8 Å². The van der Waals surface area contributed by atoms with E-state index in [2.05, 4.69) is 31.0 Å². The van der Waals surface area contributed by atoms with Gasteiger partial charge in [-0.1, -0.05) is 44.6 Å². The summed E-state index contributed by atoms with van der Waals surface area (Å²) in [4.78, 5) is 12.3. The fourth-order valence-electron chi connectivity index (χ4n) is 2.02. The van der Waals surface area contributed by atoms with E-state index in [1.54, 1.807) is 0 Å². The van der Waals surface area contributed by atoms with Crippen molar-refractivity contribution in [3.05, 3.63) is 34.9 Å². The van der Waals surface area contributed by atoms with E-state index in [0.29, 0.717) is 24.6 Å². The van der Waals surface area contributed by atoms with Crippen LogP contribution in [0.1, 0.15) is 48.2 Å². The molecule has 0 saturated carbocycles. The predicted octanol–water partition coefficient (Wildman–Crippen LogP) is 2.47. The lowest BCUT2D eigenvalue weighted by Crippen LogP contribution is -2.29. The summed E-state index contributed by atoms with van der Waals surface area (Å²) < 4.78 is 0. The standard InChI is InChI=1S/C17H24N2O/c1-4-14(5-2)12-19-17(20)16-9-8-13(3)11-15(16)7-6-10-18/h8-9,11,14H,4-5,10,12,18H2,1-3H3,(H,19,20). The zero-order chi connectivity index (χ0) is 15.0. The lowest BCUT2D eigenvalue weighted by Gasteiger charge is -2.14. The van der Waals surface area contributed by atoms with Crippen LogP contribution in [0.3, 0.4) is 0 Å². The second kappa shape index (κ2) is 8.39. The Morgan fingerprint density at radius 3 is 2.65 bits per heavy atom. The minimum Gasteiger partial charge on any atom is -0.352 e. The molecule has 0 bridgehead atoms. The average Bonchev–Trinajstić information content (AvgIpc) is 2.46. The zero-order valence-corrected chi connectivity index (χ0v) is 12.6. The number of carbonyl (C=O) groups excluding carboxylic acids is 1. The van der Waals surface area contributed by atoms with Crippen molar-refractivity contribution in [1.82, 2.24) is 5.32 Å². The molecule has 1 aromatic carbocycles. The van der Waals surface area contributed by atoms with Crippen LogP contribution in [0.15, 0.2) is 18.2 Å². The summed E-state index contributed by atoms with van der Waals surface area (Å²) in [5.41, 5.74) is 7.86. The van der Waals surface area contributed by atoms with E-state index in [9.17, 15) is 4.79 Å². The van der Waals surface area contributed by atoms with E-state index in [1.165, 1.54) is 0 Å². The molecule has 3 N–H and O–H groups in total. The summed E-state index contributed by atoms with van der Waals surface area (Å²) in [7, 11) is 0. The molecule has 1 aromatic rings. The highest BCUT2D eigenvalue weighted by Gasteiger charge is 2.12. The Balaban J connectivity index is 2.86. The van der Waals surface area contributed by atoms with E-state index in [4.69, 9.17) is 5.73 Å². The molecule has 0 fully saturated rings. The van der Waals surface area contributed by atoms with Crippen molar-refractivity contribution in [1.29, 1.82) is 0 Å². The quantitative estimate of drug-likeness (QED) is 0.809. The van der Waals surface area contributed by atoms with Gasteiger partial charge in [-0.3, -0.25) is 4.79 Å². The summed E-state index contributed by atoms with van der Waals surface area (Å²) in [5.74, 6) is 6.26. The number of hydrogen-bond acceptors (Lipinski definition) is 2. The van der Waals surface area contributed by atoms with Gasteiger partial charge in [-0.05, 0) is 30.5 Å². The number of amides is 1. The Bertz CT molecular complexity index is 507. The molecule has 1 rings (SSSR count). The van der Waals surface area contributed by atoms with E-state index < -0.39 is 0 Å². The fraction of sp³-hybridized carbons (Fsp3) is 0.471. The van der Waals surface area contributed by atoms with Crippen molar-refractivity contribution >= 4 is 5.91 Å². The molecule has 0 aliphatic heterocycles. The van der Waals surface area contributed by atoms with Gasteiger partial charge in [0.05, 0.1) is 12.1 Å². The fourth-order valence-corrected chi connectivity index (χ4v) is 2.02. The number of benzene rings is 1. The Morgan fingerprint density at radius 2 is 2.05 bits per heavy atom. The monoisotopic (exact) mass is 272 g/mol. The maximum atomic E-state index is 12.3. The van der Waals surface area contributed by atoms with Crippen LogP contribution in [-0.2, 0) is 0 Å². The molecule has 3 heteroatoms. The molecule has 3 nitrogen and oxygen atoms in total. The van der Waals surface area contributed by atoms with Gasteiger partial charge >= 0.3 is 0 Å². The third kappa shape index (κ3) is 4.71. The van der Waals surface area contributed by atoms with Crippen molar-refractivity contribution < 1.29 is 4.79 Å². The third-order valence-corrected chi connectivity index (χ3v) is 3.45. The van der Waals surface area contributed by atoms with Gasteiger partial charge in [-0.2, -0.15) is 0 Å². The molecule has 0 saturated heterocycles. The van der Waals surface area contributed by atoms with E-state index in [1.807, 2.05) is 25.1 Å². The Labute approximate surface area is 121 Å². The molecule has 108 valence electrons. The molecule has 1 amide bonds. The molecule has 0 aliphatic rings. The van der Waals surface area contributed by atoms with Crippen LogP contribution in [0.25, 0.3) is 0 Å². The van der Waals surface area contributed by atoms with Gasteiger partial charge in [0.25, 0.3) is 5.91 Å². The van der Waals surface area contributed by atoms with Crippen molar-refractivity contribution in [2.24, 2.45) is 11.7 Å². The van der Waals surface area contributed by atoms with Gasteiger partial charge in [0.1, 0.15) is 0 Å². The molecule has 0 atom stereocenters. The summed E-state index contributed by atoms with van der Waals surface area (Å²) in [6.07, 6.45) is 2.15. The normalized spacial score (nSPS) is 10.1. The lowest BCUT2D eigenvalue weighted by molar-refractivity contribution is 0.0946. The van der Waals surface area contributed by atoms with Gasteiger partial charge in [0.15, 0.2) is 0 Å². The summed E-state index contributed by atoms with van der Waals surface area (Å²) in [5, 5.41) is 3.00. The molecule has 20 heavy (non-hydrogen) atoms. The highest BCUT2D eigenvalue weighted by Crippen LogP contribution is 2.12. The largest absolute Gasteiger partial charge is 0.352 e. The lowest BCUT2D eigenvalue weighted by atomic mass is 10.0. The molecule has 0 spiro atoms. The maximum absolute atomic E-state index is 12.3. The number of carbonyl (C=O) groups is 1. The van der Waals surface area contributed by atoms with Gasteiger partial charge in [0, 0.05) is 12.1 Å². The summed E-state index contributed by atoms with van der Waals surface area (Å²) in [6, 6.07) is 5.69. The SMILES string of the molecule is CCC(CC)CNC(=O)c1ccc(C)cc1C#CCN. The van der Waals surface area contributed by atoms with Crippen molar-refractivity contribution in [3.63, 3.8) is 0 Å². The van der Waals surface area contributed by atoms with Gasteiger partial charge < -0.3 is 11.1 Å². The molecule has 0 aromatic heterocycles. The van der Waals surface area contributed by atoms with Crippen LogP contribution in [0, 0.1) is 24.7 Å². The van der Waals surface area contributed by atoms with Gasteiger partial charge in [0.2, 0.25) is 0 Å². The average molecular weight is 272 g/mol. The van der Waals surface area contributed by atoms with E-state index in [0.717, 1.165) is 24.0 Å². The first-order chi connectivity index (χ1) is 9.62. The minimum atomic E-state index is -0.0572. The Kier molecular flexibility index (Phi) is 6.83. The number of nitrogens with one attached hydrogen (secondary N) is 1. The Hall–Kier alpha value is -1.79. The second-order valence-corrected chi connectivity index (χ2v) is 4.95. The van der Waals surface area contributed by atoms with Gasteiger partial charge in [-0.25, -0.2) is 0 Å². The maximum Gasteiger partial charge on any atom is 0.252 e.